The molecule has 0 fully saturated rings. The van der Waals surface area contributed by atoms with Gasteiger partial charge in [-0.15, -0.1) is 0 Å². The Bertz CT molecular complexity index is 1470. The van der Waals surface area contributed by atoms with Crippen LogP contribution in [0.15, 0.2) is 91.0 Å². The van der Waals surface area contributed by atoms with Crippen LogP contribution < -0.4 is 10.1 Å². The number of allylic oxidation sites excluding steroid dienone is 2. The van der Waals surface area contributed by atoms with E-state index in [9.17, 15) is 19.5 Å². The molecule has 3 atom stereocenters. The molecule has 0 unspecified atom stereocenters. The topological polar surface area (TPSA) is 105 Å². The zero-order valence-corrected chi connectivity index (χ0v) is 26.3. The number of benzene rings is 3. The summed E-state index contributed by atoms with van der Waals surface area (Å²) in [5.41, 5.74) is 4.24. The number of amides is 2. The van der Waals surface area contributed by atoms with E-state index in [0.29, 0.717) is 38.8 Å². The number of nitrogens with zero attached hydrogens (tertiary/aromatic N) is 1. The molecule has 242 valence electrons. The normalized spacial score (nSPS) is 21.0. The lowest BCUT2D eigenvalue weighted by molar-refractivity contribution is -0.145. The number of rotatable bonds is 8. The molecule has 3 aromatic rings. The Hall–Kier alpha value is -4.43. The van der Waals surface area contributed by atoms with E-state index >= 15 is 0 Å². The summed E-state index contributed by atoms with van der Waals surface area (Å²) in [4.78, 5) is 41.6. The van der Waals surface area contributed by atoms with E-state index in [-0.39, 0.29) is 43.5 Å². The Labute approximate surface area is 271 Å². The number of carbonyl (C=O) groups is 3. The molecule has 0 spiro atoms. The Balaban J connectivity index is 1.27. The quantitative estimate of drug-likeness (QED) is 0.260. The van der Waals surface area contributed by atoms with Crippen molar-refractivity contribution in [2.75, 3.05) is 13.2 Å². The number of carbonyl (C=O) groups excluding carboxylic acids is 3. The van der Waals surface area contributed by atoms with Crippen molar-refractivity contribution in [3.8, 4) is 5.75 Å². The third kappa shape index (κ3) is 9.54. The molecule has 0 aliphatic carbocycles. The standard InChI is InChI=1S/C38H44N2O6/c41-25-34-22-30-13-9-10-15-32(30)24-40(34)36(42)23-31-14-7-2-1-3-8-16-37(43)46-27-33(39-38(31)44)21-28-17-19-35(20-18-28)45-26-29-11-5-4-6-12-29/h2,4-7,9-13,15,17-20,31,33-34,41H,1,3,8,14,16,21-27H2,(H,39,44)/t31-,33+,34+/m1/s1. The van der Waals surface area contributed by atoms with Gasteiger partial charge in [0.1, 0.15) is 19.0 Å². The highest BCUT2D eigenvalue weighted by Crippen LogP contribution is 2.26. The van der Waals surface area contributed by atoms with Gasteiger partial charge in [-0.25, -0.2) is 0 Å². The molecular formula is C38H44N2O6. The van der Waals surface area contributed by atoms with Gasteiger partial charge < -0.3 is 24.8 Å². The molecule has 3 aromatic carbocycles. The lowest BCUT2D eigenvalue weighted by atomic mass is 9.92. The van der Waals surface area contributed by atoms with Crippen LogP contribution in [0.25, 0.3) is 0 Å². The number of hydrogen-bond acceptors (Lipinski definition) is 6. The largest absolute Gasteiger partial charge is 0.489 e. The average molecular weight is 625 g/mol. The predicted octanol–water partition coefficient (Wildman–Crippen LogP) is 5.31. The number of aliphatic hydroxyl groups is 1. The van der Waals surface area contributed by atoms with Gasteiger partial charge in [-0.3, -0.25) is 14.4 Å². The summed E-state index contributed by atoms with van der Waals surface area (Å²) < 4.78 is 11.5. The van der Waals surface area contributed by atoms with Crippen LogP contribution in [0.5, 0.6) is 5.75 Å². The molecule has 2 heterocycles. The van der Waals surface area contributed by atoms with E-state index in [2.05, 4.69) is 5.32 Å². The molecule has 5 rings (SSSR count). The minimum Gasteiger partial charge on any atom is -0.489 e. The fraction of sp³-hybridized carbons (Fsp3) is 0.395. The molecule has 0 aromatic heterocycles. The Kier molecular flexibility index (Phi) is 12.0. The van der Waals surface area contributed by atoms with Crippen molar-refractivity contribution < 1.29 is 29.0 Å². The van der Waals surface area contributed by atoms with E-state index in [1.165, 1.54) is 0 Å². The molecule has 2 aliphatic heterocycles. The minimum absolute atomic E-state index is 0.0226. The lowest BCUT2D eigenvalue weighted by Gasteiger charge is -2.36. The summed E-state index contributed by atoms with van der Waals surface area (Å²) >= 11 is 0. The molecule has 46 heavy (non-hydrogen) atoms. The van der Waals surface area contributed by atoms with Crippen molar-refractivity contribution in [3.63, 3.8) is 0 Å². The van der Waals surface area contributed by atoms with Crippen LogP contribution in [0.3, 0.4) is 0 Å². The second-order valence-electron chi connectivity index (χ2n) is 12.2. The molecule has 0 saturated heterocycles. The molecule has 8 heteroatoms. The fourth-order valence-corrected chi connectivity index (χ4v) is 6.05. The van der Waals surface area contributed by atoms with Gasteiger partial charge in [0.2, 0.25) is 11.8 Å². The zero-order valence-electron chi connectivity index (χ0n) is 26.3. The summed E-state index contributed by atoms with van der Waals surface area (Å²) in [7, 11) is 0. The molecule has 0 bridgehead atoms. The number of aliphatic hydroxyl groups excluding tert-OH is 1. The molecular weight excluding hydrogens is 580 g/mol. The first-order chi connectivity index (χ1) is 22.5. The summed E-state index contributed by atoms with van der Waals surface area (Å²) in [5, 5.41) is 13.2. The third-order valence-corrected chi connectivity index (χ3v) is 8.71. The summed E-state index contributed by atoms with van der Waals surface area (Å²) in [6, 6.07) is 24.8. The Morgan fingerprint density at radius 2 is 1.67 bits per heavy atom. The van der Waals surface area contributed by atoms with Gasteiger partial charge in [0, 0.05) is 19.4 Å². The minimum atomic E-state index is -0.602. The number of esters is 1. The highest BCUT2D eigenvalue weighted by Gasteiger charge is 2.32. The number of hydrogen-bond donors (Lipinski definition) is 2. The number of ether oxygens (including phenoxy) is 2. The maximum atomic E-state index is 13.8. The average Bonchev–Trinajstić information content (AvgIpc) is 3.08. The summed E-state index contributed by atoms with van der Waals surface area (Å²) in [5.74, 6) is -0.553. The van der Waals surface area contributed by atoms with Gasteiger partial charge in [-0.1, -0.05) is 78.9 Å². The Morgan fingerprint density at radius 1 is 0.913 bits per heavy atom. The second kappa shape index (κ2) is 16.8. The van der Waals surface area contributed by atoms with Gasteiger partial charge in [0.05, 0.1) is 24.6 Å². The van der Waals surface area contributed by atoms with Gasteiger partial charge in [-0.2, -0.15) is 0 Å². The third-order valence-electron chi connectivity index (χ3n) is 8.71. The van der Waals surface area contributed by atoms with Gasteiger partial charge in [0.15, 0.2) is 0 Å². The van der Waals surface area contributed by atoms with Crippen LogP contribution in [0.1, 0.15) is 60.8 Å². The SMILES string of the molecule is O=C1CCCCC=CC[C@H](CC(=O)N2Cc3ccccc3C[C@H]2CO)C(=O)N[C@@H](Cc2ccc(OCc3ccccc3)cc2)CO1. The number of fused-ring (bicyclic) bond motifs is 1. The molecule has 2 aliphatic rings. The van der Waals surface area contributed by atoms with E-state index < -0.39 is 12.0 Å². The first-order valence-corrected chi connectivity index (χ1v) is 16.3. The summed E-state index contributed by atoms with van der Waals surface area (Å²) in [6.45, 7) is 0.781. The first-order valence-electron chi connectivity index (χ1n) is 16.3. The van der Waals surface area contributed by atoms with Crippen LogP contribution in [0.2, 0.25) is 0 Å². The molecule has 8 nitrogen and oxygen atoms in total. The molecule has 2 amide bonds. The van der Waals surface area contributed by atoms with Crippen LogP contribution >= 0.6 is 0 Å². The first kappa shape index (κ1) is 32.9. The highest BCUT2D eigenvalue weighted by molar-refractivity contribution is 5.86. The fourth-order valence-electron chi connectivity index (χ4n) is 6.05. The van der Waals surface area contributed by atoms with E-state index in [1.807, 2.05) is 91.0 Å². The van der Waals surface area contributed by atoms with Gasteiger partial charge >= 0.3 is 5.97 Å². The van der Waals surface area contributed by atoms with Crippen molar-refractivity contribution in [3.05, 3.63) is 113 Å². The van der Waals surface area contributed by atoms with Crippen LogP contribution in [-0.2, 0) is 45.1 Å². The van der Waals surface area contributed by atoms with Crippen molar-refractivity contribution in [2.45, 2.75) is 76.6 Å². The van der Waals surface area contributed by atoms with Crippen LogP contribution in [0.4, 0.5) is 0 Å². The van der Waals surface area contributed by atoms with Gasteiger partial charge in [0.25, 0.3) is 0 Å². The van der Waals surface area contributed by atoms with E-state index in [4.69, 9.17) is 9.47 Å². The maximum Gasteiger partial charge on any atom is 0.305 e. The van der Waals surface area contributed by atoms with Crippen LogP contribution in [-0.4, -0.2) is 53.1 Å². The van der Waals surface area contributed by atoms with Crippen molar-refractivity contribution in [2.24, 2.45) is 5.92 Å². The van der Waals surface area contributed by atoms with Crippen molar-refractivity contribution in [1.82, 2.24) is 10.2 Å². The smallest absolute Gasteiger partial charge is 0.305 e. The molecule has 2 N–H and O–H groups in total. The Morgan fingerprint density at radius 3 is 2.46 bits per heavy atom. The maximum absolute atomic E-state index is 13.8. The second-order valence-corrected chi connectivity index (χ2v) is 12.2. The van der Waals surface area contributed by atoms with E-state index in [1.54, 1.807) is 4.90 Å². The summed E-state index contributed by atoms with van der Waals surface area (Å²) in [6.07, 6.45) is 8.17. The van der Waals surface area contributed by atoms with Crippen molar-refractivity contribution in [1.29, 1.82) is 0 Å². The van der Waals surface area contributed by atoms with Gasteiger partial charge in [-0.05, 0) is 72.9 Å². The lowest BCUT2D eigenvalue weighted by Crippen LogP contribution is -2.48. The molecule has 0 radical (unpaired) electrons. The number of cyclic esters (lactones) is 1. The number of nitrogens with one attached hydrogen (secondary N) is 1. The predicted molar refractivity (Wildman–Crippen MR) is 176 cm³/mol. The highest BCUT2D eigenvalue weighted by atomic mass is 16.5. The van der Waals surface area contributed by atoms with E-state index in [0.717, 1.165) is 47.3 Å². The van der Waals surface area contributed by atoms with Crippen LogP contribution in [0, 0.1) is 5.92 Å². The van der Waals surface area contributed by atoms with Crippen molar-refractivity contribution >= 4 is 17.8 Å². The monoisotopic (exact) mass is 624 g/mol. The zero-order chi connectivity index (χ0) is 32.1. The molecule has 0 saturated carbocycles.